The zero-order chi connectivity index (χ0) is 25.1. The summed E-state index contributed by atoms with van der Waals surface area (Å²) in [7, 11) is 1.91. The lowest BCUT2D eigenvalue weighted by Crippen LogP contribution is -2.37. The zero-order valence-electron chi connectivity index (χ0n) is 19.6. The molecular weight excluding hydrogens is 481 g/mol. The van der Waals surface area contributed by atoms with Gasteiger partial charge in [0, 0.05) is 38.8 Å². The number of fused-ring (bicyclic) bond motifs is 1. The first-order valence-electron chi connectivity index (χ1n) is 11.5. The number of amides is 1. The maximum absolute atomic E-state index is 13.9. The zero-order valence-corrected chi connectivity index (χ0v) is 20.3. The third-order valence-electron chi connectivity index (χ3n) is 5.90. The molecule has 1 aliphatic heterocycles. The van der Waals surface area contributed by atoms with Gasteiger partial charge in [0.15, 0.2) is 0 Å². The minimum absolute atomic E-state index is 0.152. The second-order valence-corrected chi connectivity index (χ2v) is 8.83. The molecule has 0 saturated heterocycles. The molecule has 0 saturated carbocycles. The standard InChI is InChI=1S/C27H23ClFN5O2/c1-33(16-18-7-3-2-4-8-18)27-31-23-12-14-34(26(35)21-11-6-13-30-24(21)28)17-22(23)25(32-27)36-20-10-5-9-19(29)15-20/h2-11,13,15H,12,14,16-17H2,1H3. The van der Waals surface area contributed by atoms with Crippen molar-refractivity contribution in [2.45, 2.75) is 19.5 Å². The maximum Gasteiger partial charge on any atom is 0.257 e. The van der Waals surface area contributed by atoms with Gasteiger partial charge in [0.2, 0.25) is 11.8 Å². The summed E-state index contributed by atoms with van der Waals surface area (Å²) in [6, 6.07) is 19.2. The third-order valence-corrected chi connectivity index (χ3v) is 6.20. The van der Waals surface area contributed by atoms with Crippen LogP contribution in [0.4, 0.5) is 10.3 Å². The number of carbonyl (C=O) groups is 1. The van der Waals surface area contributed by atoms with Crippen LogP contribution in [0.5, 0.6) is 11.6 Å². The fraction of sp³-hybridized carbons (Fsp3) is 0.185. The van der Waals surface area contributed by atoms with Gasteiger partial charge in [0.1, 0.15) is 16.7 Å². The van der Waals surface area contributed by atoms with Gasteiger partial charge in [0.25, 0.3) is 5.91 Å². The number of carbonyl (C=O) groups excluding carboxylic acids is 1. The van der Waals surface area contributed by atoms with Crippen LogP contribution in [0.3, 0.4) is 0 Å². The van der Waals surface area contributed by atoms with Crippen molar-refractivity contribution in [1.29, 1.82) is 0 Å². The van der Waals surface area contributed by atoms with E-state index >= 15 is 0 Å². The van der Waals surface area contributed by atoms with E-state index in [0.717, 1.165) is 11.3 Å². The number of rotatable bonds is 6. The predicted octanol–water partition coefficient (Wildman–Crippen LogP) is 5.29. The van der Waals surface area contributed by atoms with Gasteiger partial charge < -0.3 is 14.5 Å². The molecule has 182 valence electrons. The second-order valence-electron chi connectivity index (χ2n) is 8.47. The average Bonchev–Trinajstić information content (AvgIpc) is 2.89. The van der Waals surface area contributed by atoms with Gasteiger partial charge in [-0.2, -0.15) is 4.98 Å². The lowest BCUT2D eigenvalue weighted by molar-refractivity contribution is 0.0731. The molecule has 9 heteroatoms. The highest BCUT2D eigenvalue weighted by molar-refractivity contribution is 6.32. The summed E-state index contributed by atoms with van der Waals surface area (Å²) >= 11 is 6.17. The van der Waals surface area contributed by atoms with Crippen molar-refractivity contribution in [3.63, 3.8) is 0 Å². The first-order valence-corrected chi connectivity index (χ1v) is 11.8. The molecule has 3 heterocycles. The van der Waals surface area contributed by atoms with Gasteiger partial charge in [0.05, 0.1) is 23.4 Å². The highest BCUT2D eigenvalue weighted by Crippen LogP contribution is 2.32. The molecular formula is C27H23ClFN5O2. The number of hydrogen-bond acceptors (Lipinski definition) is 6. The minimum atomic E-state index is -0.417. The average molecular weight is 504 g/mol. The molecule has 0 aliphatic carbocycles. The van der Waals surface area contributed by atoms with Crippen LogP contribution in [-0.4, -0.2) is 39.4 Å². The number of halogens is 2. The quantitative estimate of drug-likeness (QED) is 0.333. The Balaban J connectivity index is 1.49. The number of hydrogen-bond donors (Lipinski definition) is 0. The number of nitrogens with zero attached hydrogens (tertiary/aromatic N) is 5. The Labute approximate surface area is 213 Å². The number of ether oxygens (including phenoxy) is 1. The lowest BCUT2D eigenvalue weighted by Gasteiger charge is -2.30. The van der Waals surface area contributed by atoms with Gasteiger partial charge in [-0.05, 0) is 29.8 Å². The van der Waals surface area contributed by atoms with Crippen molar-refractivity contribution >= 4 is 23.5 Å². The van der Waals surface area contributed by atoms with Crippen LogP contribution in [-0.2, 0) is 19.5 Å². The summed E-state index contributed by atoms with van der Waals surface area (Å²) in [5.74, 6) is 0.432. The third kappa shape index (κ3) is 5.13. The normalized spacial score (nSPS) is 12.7. The van der Waals surface area contributed by atoms with E-state index in [9.17, 15) is 9.18 Å². The van der Waals surface area contributed by atoms with Crippen molar-refractivity contribution < 1.29 is 13.9 Å². The van der Waals surface area contributed by atoms with E-state index < -0.39 is 5.82 Å². The molecule has 0 unspecified atom stereocenters. The van der Waals surface area contributed by atoms with E-state index in [4.69, 9.17) is 21.3 Å². The van der Waals surface area contributed by atoms with Crippen LogP contribution >= 0.6 is 11.6 Å². The van der Waals surface area contributed by atoms with Gasteiger partial charge in [-0.25, -0.2) is 14.4 Å². The van der Waals surface area contributed by atoms with Crippen molar-refractivity contribution in [3.05, 3.63) is 106 Å². The van der Waals surface area contributed by atoms with Crippen LogP contribution in [0.25, 0.3) is 0 Å². The van der Waals surface area contributed by atoms with Gasteiger partial charge in [-0.1, -0.05) is 48.0 Å². The minimum Gasteiger partial charge on any atom is -0.438 e. The lowest BCUT2D eigenvalue weighted by atomic mass is 10.1. The molecule has 2 aromatic heterocycles. The Hall–Kier alpha value is -4.04. The van der Waals surface area contributed by atoms with E-state index in [-0.39, 0.29) is 23.5 Å². The van der Waals surface area contributed by atoms with Crippen molar-refractivity contribution in [2.75, 3.05) is 18.5 Å². The Morgan fingerprint density at radius 1 is 1.11 bits per heavy atom. The smallest absolute Gasteiger partial charge is 0.257 e. The number of aromatic nitrogens is 3. The highest BCUT2D eigenvalue weighted by atomic mass is 35.5. The number of pyridine rings is 1. The Bertz CT molecular complexity index is 1400. The molecule has 1 amide bonds. The van der Waals surface area contributed by atoms with E-state index in [1.807, 2.05) is 42.3 Å². The molecule has 7 nitrogen and oxygen atoms in total. The first kappa shape index (κ1) is 23.7. The first-order chi connectivity index (χ1) is 17.5. The Morgan fingerprint density at radius 3 is 2.72 bits per heavy atom. The largest absolute Gasteiger partial charge is 0.438 e. The molecule has 0 fully saturated rings. The SMILES string of the molecule is CN(Cc1ccccc1)c1nc2c(c(Oc3cccc(F)c3)n1)CN(C(=O)c1cccnc1Cl)CC2. The molecule has 1 aliphatic rings. The molecule has 4 aromatic rings. The fourth-order valence-corrected chi connectivity index (χ4v) is 4.29. The molecule has 0 N–H and O–H groups in total. The summed E-state index contributed by atoms with van der Waals surface area (Å²) in [6.45, 7) is 1.28. The van der Waals surface area contributed by atoms with Crippen LogP contribution in [0.1, 0.15) is 27.2 Å². The summed E-state index contributed by atoms with van der Waals surface area (Å²) < 4.78 is 19.9. The van der Waals surface area contributed by atoms with Gasteiger partial charge in [-0.3, -0.25) is 4.79 Å². The van der Waals surface area contributed by atoms with Crippen LogP contribution < -0.4 is 9.64 Å². The molecule has 0 atom stereocenters. The van der Waals surface area contributed by atoms with Crippen molar-refractivity contribution in [3.8, 4) is 11.6 Å². The van der Waals surface area contributed by atoms with Crippen LogP contribution in [0.15, 0.2) is 72.9 Å². The van der Waals surface area contributed by atoms with Crippen LogP contribution in [0.2, 0.25) is 5.15 Å². The fourth-order valence-electron chi connectivity index (χ4n) is 4.09. The van der Waals surface area contributed by atoms with Crippen molar-refractivity contribution in [2.24, 2.45) is 0 Å². The van der Waals surface area contributed by atoms with Gasteiger partial charge >= 0.3 is 0 Å². The molecule has 0 radical (unpaired) electrons. The summed E-state index contributed by atoms with van der Waals surface area (Å²) in [5, 5.41) is 0.152. The van der Waals surface area contributed by atoms with Crippen LogP contribution in [0, 0.1) is 5.82 Å². The van der Waals surface area contributed by atoms with Gasteiger partial charge in [-0.15, -0.1) is 0 Å². The second kappa shape index (κ2) is 10.3. The highest BCUT2D eigenvalue weighted by Gasteiger charge is 2.29. The molecule has 0 bridgehead atoms. The monoisotopic (exact) mass is 503 g/mol. The number of benzene rings is 2. The van der Waals surface area contributed by atoms with E-state index in [0.29, 0.717) is 42.3 Å². The summed E-state index contributed by atoms with van der Waals surface area (Å²) in [4.78, 5) is 30.3. The summed E-state index contributed by atoms with van der Waals surface area (Å²) in [5.41, 5.74) is 2.90. The molecule has 0 spiro atoms. The topological polar surface area (TPSA) is 71.5 Å². The van der Waals surface area contributed by atoms with E-state index in [1.165, 1.54) is 18.3 Å². The molecule has 5 rings (SSSR count). The predicted molar refractivity (Wildman–Crippen MR) is 135 cm³/mol. The number of anilines is 1. The molecule has 2 aromatic carbocycles. The Morgan fingerprint density at radius 2 is 1.94 bits per heavy atom. The Kier molecular flexibility index (Phi) is 6.77. The van der Waals surface area contributed by atoms with E-state index in [2.05, 4.69) is 9.97 Å². The summed E-state index contributed by atoms with van der Waals surface area (Å²) in [6.07, 6.45) is 2.05. The van der Waals surface area contributed by atoms with E-state index in [1.54, 1.807) is 29.2 Å². The van der Waals surface area contributed by atoms with Crippen molar-refractivity contribution in [1.82, 2.24) is 19.9 Å². The molecule has 36 heavy (non-hydrogen) atoms. The maximum atomic E-state index is 13.9.